The van der Waals surface area contributed by atoms with Crippen molar-refractivity contribution in [2.24, 2.45) is 0 Å². The van der Waals surface area contributed by atoms with Crippen LogP contribution in [-0.4, -0.2) is 45.3 Å². The number of nitrogens with zero attached hydrogens (tertiary/aromatic N) is 2. The van der Waals surface area contributed by atoms with E-state index in [0.717, 1.165) is 41.5 Å². The lowest BCUT2D eigenvalue weighted by Gasteiger charge is -2.49. The molecule has 24 heavy (non-hydrogen) atoms. The molecule has 0 radical (unpaired) electrons. The maximum Gasteiger partial charge on any atom is 0.159 e. The van der Waals surface area contributed by atoms with Crippen molar-refractivity contribution >= 4 is 16.6 Å². The fraction of sp³-hybridized carbons (Fsp3) is 0.526. The van der Waals surface area contributed by atoms with Gasteiger partial charge in [0.2, 0.25) is 0 Å². The standard InChI is InChI=1S/C19H23N3O2/c23-16-10-13-15(11-17(16)24)20-14-3-1-2-12(14)18(13)21-19-4-7-22(8-5-19)9-6-19/h10-11,23-24H,1-9H2,(H,20,21). The summed E-state index contributed by atoms with van der Waals surface area (Å²) in [5.74, 6) is -0.163. The average molecular weight is 325 g/mol. The number of fused-ring (bicyclic) bond motifs is 5. The molecule has 3 fully saturated rings. The third-order valence-corrected chi connectivity index (χ3v) is 6.22. The first-order chi connectivity index (χ1) is 11.6. The molecule has 126 valence electrons. The van der Waals surface area contributed by atoms with Crippen molar-refractivity contribution in [3.63, 3.8) is 0 Å². The van der Waals surface area contributed by atoms with Crippen LogP contribution in [0.4, 0.5) is 5.69 Å². The Morgan fingerprint density at radius 1 is 1.00 bits per heavy atom. The molecule has 0 saturated carbocycles. The first-order valence-corrected chi connectivity index (χ1v) is 9.02. The number of anilines is 1. The molecule has 3 N–H and O–H groups in total. The Balaban J connectivity index is 1.67. The molecule has 0 unspecified atom stereocenters. The Bertz CT molecular complexity index is 811. The summed E-state index contributed by atoms with van der Waals surface area (Å²) in [6.45, 7) is 3.51. The predicted octanol–water partition coefficient (Wildman–Crippen LogP) is 2.78. The van der Waals surface area contributed by atoms with Crippen LogP contribution in [0.2, 0.25) is 0 Å². The lowest BCUT2D eigenvalue weighted by atomic mass is 9.79. The van der Waals surface area contributed by atoms with Crippen LogP contribution in [0.1, 0.15) is 36.9 Å². The van der Waals surface area contributed by atoms with Crippen LogP contribution in [0, 0.1) is 0 Å². The highest BCUT2D eigenvalue weighted by atomic mass is 16.3. The molecule has 2 bridgehead atoms. The van der Waals surface area contributed by atoms with Gasteiger partial charge in [-0.2, -0.15) is 0 Å². The number of piperidine rings is 3. The predicted molar refractivity (Wildman–Crippen MR) is 93.7 cm³/mol. The number of nitrogens with one attached hydrogen (secondary N) is 1. The molecule has 5 heteroatoms. The third kappa shape index (κ3) is 2.07. The Hall–Kier alpha value is -2.01. The summed E-state index contributed by atoms with van der Waals surface area (Å²) in [5.41, 5.74) is 4.57. The summed E-state index contributed by atoms with van der Waals surface area (Å²) >= 11 is 0. The molecule has 1 aromatic heterocycles. The quantitative estimate of drug-likeness (QED) is 0.741. The molecule has 4 aliphatic rings. The number of aromatic nitrogens is 1. The van der Waals surface area contributed by atoms with E-state index in [9.17, 15) is 10.2 Å². The zero-order chi connectivity index (χ0) is 16.3. The highest BCUT2D eigenvalue weighted by Gasteiger charge is 2.40. The van der Waals surface area contributed by atoms with E-state index in [1.165, 1.54) is 44.5 Å². The fourth-order valence-corrected chi connectivity index (χ4v) is 4.71. The van der Waals surface area contributed by atoms with Crippen LogP contribution in [0.3, 0.4) is 0 Å². The fourth-order valence-electron chi connectivity index (χ4n) is 4.71. The molecule has 2 aromatic rings. The van der Waals surface area contributed by atoms with Crippen LogP contribution in [-0.2, 0) is 12.8 Å². The Labute approximate surface area is 141 Å². The van der Waals surface area contributed by atoms with Gasteiger partial charge in [0.25, 0.3) is 0 Å². The largest absolute Gasteiger partial charge is 0.504 e. The van der Waals surface area contributed by atoms with Gasteiger partial charge in [0.15, 0.2) is 11.5 Å². The molecule has 0 amide bonds. The molecule has 3 aliphatic heterocycles. The summed E-state index contributed by atoms with van der Waals surface area (Å²) in [4.78, 5) is 7.29. The number of benzene rings is 1. The lowest BCUT2D eigenvalue weighted by molar-refractivity contribution is 0.0992. The number of rotatable bonds is 2. The van der Waals surface area contributed by atoms with Gasteiger partial charge in [-0.05, 0) is 50.2 Å². The number of hydrogen-bond donors (Lipinski definition) is 3. The van der Waals surface area contributed by atoms with E-state index in [4.69, 9.17) is 4.98 Å². The van der Waals surface area contributed by atoms with E-state index in [0.29, 0.717) is 0 Å². The summed E-state index contributed by atoms with van der Waals surface area (Å²) in [6, 6.07) is 3.27. The van der Waals surface area contributed by atoms with Crippen molar-refractivity contribution in [2.75, 3.05) is 25.0 Å². The molecule has 6 rings (SSSR count). The lowest BCUT2D eigenvalue weighted by Crippen LogP contribution is -2.56. The number of phenols is 2. The van der Waals surface area contributed by atoms with Gasteiger partial charge in [0.05, 0.1) is 5.52 Å². The number of hydrogen-bond acceptors (Lipinski definition) is 5. The molecule has 3 saturated heterocycles. The van der Waals surface area contributed by atoms with Crippen molar-refractivity contribution in [2.45, 2.75) is 44.1 Å². The number of pyridine rings is 1. The van der Waals surface area contributed by atoms with Crippen LogP contribution in [0.25, 0.3) is 10.9 Å². The van der Waals surface area contributed by atoms with Crippen molar-refractivity contribution in [3.05, 3.63) is 23.4 Å². The molecule has 0 spiro atoms. The average Bonchev–Trinajstić information content (AvgIpc) is 3.06. The monoisotopic (exact) mass is 325 g/mol. The van der Waals surface area contributed by atoms with Gasteiger partial charge in [0.1, 0.15) is 0 Å². The highest BCUT2D eigenvalue weighted by Crippen LogP contribution is 2.42. The van der Waals surface area contributed by atoms with E-state index in [1.54, 1.807) is 12.1 Å². The maximum atomic E-state index is 10.0. The van der Waals surface area contributed by atoms with Gasteiger partial charge in [-0.15, -0.1) is 0 Å². The third-order valence-electron chi connectivity index (χ3n) is 6.22. The molecular weight excluding hydrogens is 302 g/mol. The topological polar surface area (TPSA) is 68.6 Å². The van der Waals surface area contributed by atoms with Gasteiger partial charge >= 0.3 is 0 Å². The van der Waals surface area contributed by atoms with E-state index < -0.39 is 0 Å². The van der Waals surface area contributed by atoms with Crippen molar-refractivity contribution in [1.82, 2.24) is 9.88 Å². The summed E-state index contributed by atoms with van der Waals surface area (Å²) in [5, 5.41) is 24.7. The van der Waals surface area contributed by atoms with Crippen LogP contribution in [0.5, 0.6) is 11.5 Å². The molecule has 1 aromatic carbocycles. The van der Waals surface area contributed by atoms with Gasteiger partial charge in [-0.25, -0.2) is 0 Å². The SMILES string of the molecule is Oc1cc2nc3c(c(NC45CCN(CC4)CC5)c2cc1O)CCC3. The van der Waals surface area contributed by atoms with Gasteiger partial charge < -0.3 is 20.4 Å². The first-order valence-electron chi connectivity index (χ1n) is 9.02. The van der Waals surface area contributed by atoms with Crippen LogP contribution in [0.15, 0.2) is 12.1 Å². The Morgan fingerprint density at radius 3 is 2.46 bits per heavy atom. The molecule has 0 atom stereocenters. The summed E-state index contributed by atoms with van der Waals surface area (Å²) < 4.78 is 0. The Kier molecular flexibility index (Phi) is 2.98. The van der Waals surface area contributed by atoms with Crippen molar-refractivity contribution in [1.29, 1.82) is 0 Å². The first kappa shape index (κ1) is 14.3. The van der Waals surface area contributed by atoms with E-state index in [2.05, 4.69) is 10.2 Å². The minimum atomic E-state index is -0.0944. The van der Waals surface area contributed by atoms with E-state index >= 15 is 0 Å². The van der Waals surface area contributed by atoms with Crippen molar-refractivity contribution in [3.8, 4) is 11.5 Å². The molecule has 4 heterocycles. The molecule has 5 nitrogen and oxygen atoms in total. The van der Waals surface area contributed by atoms with Crippen molar-refractivity contribution < 1.29 is 10.2 Å². The second-order valence-electron chi connectivity index (χ2n) is 7.62. The van der Waals surface area contributed by atoms with Gasteiger partial charge in [-0.3, -0.25) is 4.98 Å². The minimum absolute atomic E-state index is 0.0683. The van der Waals surface area contributed by atoms with Crippen LogP contribution < -0.4 is 5.32 Å². The van der Waals surface area contributed by atoms with Crippen LogP contribution >= 0.6 is 0 Å². The normalized spacial score (nSPS) is 28.2. The number of phenolic OH excluding ortho intramolecular Hbond substituents is 2. The maximum absolute atomic E-state index is 10.0. The van der Waals surface area contributed by atoms with E-state index in [-0.39, 0.29) is 17.0 Å². The number of aryl methyl sites for hydroxylation is 1. The second kappa shape index (κ2) is 4.99. The second-order valence-corrected chi connectivity index (χ2v) is 7.62. The van der Waals surface area contributed by atoms with Gasteiger partial charge in [0, 0.05) is 48.0 Å². The van der Waals surface area contributed by atoms with Gasteiger partial charge in [-0.1, -0.05) is 0 Å². The van der Waals surface area contributed by atoms with E-state index in [1.807, 2.05) is 0 Å². The minimum Gasteiger partial charge on any atom is -0.504 e. The molecular formula is C19H23N3O2. The summed E-state index contributed by atoms with van der Waals surface area (Å²) in [7, 11) is 0. The zero-order valence-electron chi connectivity index (χ0n) is 13.8. The Morgan fingerprint density at radius 2 is 1.71 bits per heavy atom. The highest BCUT2D eigenvalue weighted by molar-refractivity contribution is 5.96. The molecule has 1 aliphatic carbocycles. The summed E-state index contributed by atoms with van der Waals surface area (Å²) in [6.07, 6.45) is 6.71. The zero-order valence-corrected chi connectivity index (χ0v) is 13.8. The smallest absolute Gasteiger partial charge is 0.159 e. The number of aromatic hydroxyl groups is 2.